The fourth-order valence-electron chi connectivity index (χ4n) is 8.52. The minimum Gasteiger partial charge on any atom is -0.394 e. The van der Waals surface area contributed by atoms with Gasteiger partial charge >= 0.3 is 0 Å². The highest BCUT2D eigenvalue weighted by molar-refractivity contribution is 5.76. The van der Waals surface area contributed by atoms with Gasteiger partial charge in [0.1, 0.15) is 6.10 Å². The molecule has 0 heterocycles. The molecular formula is C53H105NO4. The summed E-state index contributed by atoms with van der Waals surface area (Å²) in [7, 11) is 0. The quantitative estimate of drug-likeness (QED) is 0.0364. The van der Waals surface area contributed by atoms with Crippen LogP contribution in [0.3, 0.4) is 0 Å². The second kappa shape index (κ2) is 48.8. The van der Waals surface area contributed by atoms with E-state index in [9.17, 15) is 20.1 Å². The van der Waals surface area contributed by atoms with Crippen LogP contribution in [0.2, 0.25) is 0 Å². The first-order valence-electron chi connectivity index (χ1n) is 26.5. The fourth-order valence-corrected chi connectivity index (χ4v) is 8.52. The largest absolute Gasteiger partial charge is 0.394 e. The van der Waals surface area contributed by atoms with E-state index in [0.717, 1.165) is 38.5 Å². The van der Waals surface area contributed by atoms with Gasteiger partial charge in [-0.05, 0) is 38.5 Å². The summed E-state index contributed by atoms with van der Waals surface area (Å²) in [5.41, 5.74) is 0. The lowest BCUT2D eigenvalue weighted by atomic mass is 10.0. The van der Waals surface area contributed by atoms with Crippen molar-refractivity contribution in [2.24, 2.45) is 0 Å². The highest BCUT2D eigenvalue weighted by Gasteiger charge is 2.26. The van der Waals surface area contributed by atoms with E-state index < -0.39 is 18.2 Å². The van der Waals surface area contributed by atoms with Crippen LogP contribution in [0.4, 0.5) is 0 Å². The SMILES string of the molecule is CCCCCCCCC/C=C/CCCC(O)C(O)C(CO)NC(=O)CCCCCCCCCCCCCCCCCCCCCCCCCCCCCCCCCC. The molecule has 0 aliphatic rings. The average molecular weight is 820 g/mol. The Morgan fingerprint density at radius 2 is 0.690 bits per heavy atom. The van der Waals surface area contributed by atoms with Crippen LogP contribution in [0.5, 0.6) is 0 Å². The van der Waals surface area contributed by atoms with Crippen LogP contribution in [0.15, 0.2) is 12.2 Å². The summed E-state index contributed by atoms with van der Waals surface area (Å²) in [6, 6.07) is -0.821. The summed E-state index contributed by atoms with van der Waals surface area (Å²) in [6.45, 7) is 4.18. The Hall–Kier alpha value is -0.910. The summed E-state index contributed by atoms with van der Waals surface area (Å²) in [4.78, 5) is 12.5. The van der Waals surface area contributed by atoms with Gasteiger partial charge < -0.3 is 20.6 Å². The Morgan fingerprint density at radius 3 is 1.00 bits per heavy atom. The van der Waals surface area contributed by atoms with Crippen molar-refractivity contribution in [1.29, 1.82) is 0 Å². The molecule has 0 fully saturated rings. The van der Waals surface area contributed by atoms with Crippen LogP contribution in [-0.2, 0) is 4.79 Å². The first kappa shape index (κ1) is 57.1. The van der Waals surface area contributed by atoms with Crippen molar-refractivity contribution in [3.8, 4) is 0 Å². The number of amides is 1. The number of aliphatic hydroxyl groups excluding tert-OH is 3. The van der Waals surface area contributed by atoms with E-state index in [-0.39, 0.29) is 12.5 Å². The van der Waals surface area contributed by atoms with E-state index in [2.05, 4.69) is 31.3 Å². The number of hydrogen-bond acceptors (Lipinski definition) is 4. The van der Waals surface area contributed by atoms with Gasteiger partial charge in [-0.2, -0.15) is 0 Å². The molecule has 0 aliphatic heterocycles. The molecule has 5 heteroatoms. The molecule has 0 aliphatic carbocycles. The normalized spacial score (nSPS) is 13.4. The molecule has 0 bridgehead atoms. The molecule has 5 nitrogen and oxygen atoms in total. The van der Waals surface area contributed by atoms with Crippen molar-refractivity contribution in [1.82, 2.24) is 5.32 Å². The molecule has 0 rings (SSSR count). The molecule has 4 N–H and O–H groups in total. The predicted molar refractivity (Wildman–Crippen MR) is 255 cm³/mol. The Bertz CT molecular complexity index is 818. The molecule has 3 atom stereocenters. The Balaban J connectivity index is 3.45. The number of aliphatic hydroxyl groups is 3. The van der Waals surface area contributed by atoms with Crippen molar-refractivity contribution < 1.29 is 20.1 Å². The molecule has 0 aromatic rings. The number of nitrogens with one attached hydrogen (secondary N) is 1. The zero-order valence-corrected chi connectivity index (χ0v) is 39.5. The lowest BCUT2D eigenvalue weighted by molar-refractivity contribution is -0.124. The highest BCUT2D eigenvalue weighted by Crippen LogP contribution is 2.18. The summed E-state index contributed by atoms with van der Waals surface area (Å²) in [5.74, 6) is -0.149. The lowest BCUT2D eigenvalue weighted by Gasteiger charge is -2.26. The molecular weight excluding hydrogens is 715 g/mol. The molecule has 346 valence electrons. The van der Waals surface area contributed by atoms with E-state index in [0.29, 0.717) is 12.8 Å². The third kappa shape index (κ3) is 43.2. The van der Waals surface area contributed by atoms with Gasteiger partial charge in [0.15, 0.2) is 0 Å². The molecule has 0 aromatic carbocycles. The average Bonchev–Trinajstić information content (AvgIpc) is 3.23. The van der Waals surface area contributed by atoms with Crippen molar-refractivity contribution >= 4 is 5.91 Å². The molecule has 0 saturated heterocycles. The van der Waals surface area contributed by atoms with Crippen LogP contribution in [0.1, 0.15) is 296 Å². The minimum absolute atomic E-state index is 0.149. The first-order chi connectivity index (χ1) is 28.6. The van der Waals surface area contributed by atoms with E-state index in [1.807, 2.05) is 0 Å². The molecule has 0 aromatic heterocycles. The maximum absolute atomic E-state index is 12.5. The molecule has 0 saturated carbocycles. The monoisotopic (exact) mass is 820 g/mol. The first-order valence-corrected chi connectivity index (χ1v) is 26.5. The summed E-state index contributed by atoms with van der Waals surface area (Å²) >= 11 is 0. The Morgan fingerprint density at radius 1 is 0.414 bits per heavy atom. The maximum Gasteiger partial charge on any atom is 0.220 e. The summed E-state index contributed by atoms with van der Waals surface area (Å²) in [5, 5.41) is 33.5. The predicted octanol–water partition coefficient (Wildman–Crippen LogP) is 15.9. The highest BCUT2D eigenvalue weighted by atomic mass is 16.3. The number of hydrogen-bond donors (Lipinski definition) is 4. The Kier molecular flexibility index (Phi) is 48.0. The van der Waals surface area contributed by atoms with Crippen LogP contribution in [-0.4, -0.2) is 46.1 Å². The minimum atomic E-state index is -1.15. The van der Waals surface area contributed by atoms with E-state index >= 15 is 0 Å². The lowest BCUT2D eigenvalue weighted by Crippen LogP contribution is -2.50. The molecule has 1 amide bonds. The number of unbranched alkanes of at least 4 members (excludes halogenated alkanes) is 39. The van der Waals surface area contributed by atoms with Crippen molar-refractivity contribution in [2.45, 2.75) is 315 Å². The third-order valence-corrected chi connectivity index (χ3v) is 12.6. The van der Waals surface area contributed by atoms with Gasteiger partial charge in [-0.3, -0.25) is 4.79 Å². The van der Waals surface area contributed by atoms with E-state index in [1.54, 1.807) is 0 Å². The summed E-state index contributed by atoms with van der Waals surface area (Å²) in [6.07, 6.45) is 59.5. The summed E-state index contributed by atoms with van der Waals surface area (Å²) < 4.78 is 0. The van der Waals surface area contributed by atoms with Gasteiger partial charge in [0.2, 0.25) is 5.91 Å². The smallest absolute Gasteiger partial charge is 0.220 e. The zero-order chi connectivity index (χ0) is 42.3. The second-order valence-electron chi connectivity index (χ2n) is 18.4. The standard InChI is InChI=1S/C53H105NO4/c1-3-5-7-9-11-13-15-17-18-19-20-21-22-23-24-25-26-27-28-29-30-31-32-33-34-35-36-38-40-42-44-46-48-52(57)54-50(49-55)53(58)51(56)47-45-43-41-39-37-16-14-12-10-8-6-4-2/h39,41,50-51,53,55-56,58H,3-38,40,42-49H2,1-2H3,(H,54,57)/b41-39+. The van der Waals surface area contributed by atoms with E-state index in [4.69, 9.17) is 0 Å². The van der Waals surface area contributed by atoms with Crippen molar-refractivity contribution in [3.63, 3.8) is 0 Å². The van der Waals surface area contributed by atoms with Crippen molar-refractivity contribution in [3.05, 3.63) is 12.2 Å². The molecule has 0 radical (unpaired) electrons. The zero-order valence-electron chi connectivity index (χ0n) is 39.5. The number of carbonyl (C=O) groups excluding carboxylic acids is 1. The topological polar surface area (TPSA) is 89.8 Å². The van der Waals surface area contributed by atoms with Gasteiger partial charge in [0.05, 0.1) is 18.8 Å². The Labute approximate surface area is 363 Å². The second-order valence-corrected chi connectivity index (χ2v) is 18.4. The van der Waals surface area contributed by atoms with Gasteiger partial charge in [-0.15, -0.1) is 0 Å². The molecule has 0 spiro atoms. The number of rotatable bonds is 49. The fraction of sp³-hybridized carbons (Fsp3) is 0.943. The van der Waals surface area contributed by atoms with Crippen LogP contribution in [0.25, 0.3) is 0 Å². The number of allylic oxidation sites excluding steroid dienone is 2. The van der Waals surface area contributed by atoms with Crippen LogP contribution >= 0.6 is 0 Å². The van der Waals surface area contributed by atoms with Gasteiger partial charge in [-0.1, -0.05) is 264 Å². The van der Waals surface area contributed by atoms with Crippen LogP contribution in [0, 0.1) is 0 Å². The van der Waals surface area contributed by atoms with Gasteiger partial charge in [-0.25, -0.2) is 0 Å². The number of carbonyl (C=O) groups is 1. The maximum atomic E-state index is 12.5. The molecule has 3 unspecified atom stereocenters. The third-order valence-electron chi connectivity index (χ3n) is 12.6. The van der Waals surface area contributed by atoms with Crippen molar-refractivity contribution in [2.75, 3.05) is 6.61 Å². The van der Waals surface area contributed by atoms with Crippen LogP contribution < -0.4 is 5.32 Å². The van der Waals surface area contributed by atoms with Gasteiger partial charge in [0.25, 0.3) is 0 Å². The van der Waals surface area contributed by atoms with Gasteiger partial charge in [0, 0.05) is 6.42 Å². The van der Waals surface area contributed by atoms with E-state index in [1.165, 1.54) is 231 Å². The molecule has 58 heavy (non-hydrogen) atoms.